The lowest BCUT2D eigenvalue weighted by Crippen LogP contribution is -2.06. The Morgan fingerprint density at radius 3 is 2.26 bits per heavy atom. The minimum absolute atomic E-state index is 0.150. The summed E-state index contributed by atoms with van der Waals surface area (Å²) in [5, 5.41) is 17.7. The van der Waals surface area contributed by atoms with Gasteiger partial charge in [0, 0.05) is 24.8 Å². The third-order valence-corrected chi connectivity index (χ3v) is 3.90. The summed E-state index contributed by atoms with van der Waals surface area (Å²) in [7, 11) is 0. The van der Waals surface area contributed by atoms with Crippen molar-refractivity contribution in [1.29, 1.82) is 0 Å². The van der Waals surface area contributed by atoms with E-state index in [9.17, 15) is 10.1 Å². The second-order valence-corrected chi connectivity index (χ2v) is 5.96. The molecule has 1 aromatic rings. The van der Waals surface area contributed by atoms with Gasteiger partial charge in [-0.25, -0.2) is 0 Å². The molecule has 0 spiro atoms. The summed E-state index contributed by atoms with van der Waals surface area (Å²) in [5.41, 5.74) is 1.71. The smallest absolute Gasteiger partial charge is 0.292 e. The maximum absolute atomic E-state index is 11.1. The van der Waals surface area contributed by atoms with Crippen LogP contribution in [0.15, 0.2) is 18.2 Å². The average molecular weight is 321 g/mol. The molecule has 0 heterocycles. The molecule has 0 aromatic heterocycles. The van der Waals surface area contributed by atoms with Gasteiger partial charge in [-0.3, -0.25) is 10.1 Å². The Balaban J connectivity index is 2.49. The van der Waals surface area contributed by atoms with Crippen LogP contribution in [-0.2, 0) is 0 Å². The number of unbranched alkanes of at least 4 members (excludes halogenated alkanes) is 6. The molecule has 0 saturated carbocycles. The molecule has 0 aliphatic rings. The van der Waals surface area contributed by atoms with Crippen LogP contribution in [0.25, 0.3) is 0 Å². The molecule has 2 N–H and O–H groups in total. The van der Waals surface area contributed by atoms with Gasteiger partial charge in [0.05, 0.1) is 4.92 Å². The number of anilines is 2. The molecule has 23 heavy (non-hydrogen) atoms. The molecule has 0 bridgehead atoms. The Bertz CT molecular complexity index is 464. The minimum Gasteiger partial charge on any atom is -0.385 e. The molecule has 0 saturated heterocycles. The van der Waals surface area contributed by atoms with E-state index >= 15 is 0 Å². The van der Waals surface area contributed by atoms with E-state index in [1.165, 1.54) is 32.1 Å². The van der Waals surface area contributed by atoms with E-state index in [4.69, 9.17) is 0 Å². The van der Waals surface area contributed by atoms with Crippen molar-refractivity contribution in [3.05, 3.63) is 28.3 Å². The number of nitro groups is 1. The summed E-state index contributed by atoms with van der Waals surface area (Å²) in [6, 6.07) is 5.21. The van der Waals surface area contributed by atoms with Crippen LogP contribution in [0.3, 0.4) is 0 Å². The van der Waals surface area contributed by atoms with Gasteiger partial charge in [-0.1, -0.05) is 52.4 Å². The molecule has 0 amide bonds. The number of benzene rings is 1. The van der Waals surface area contributed by atoms with Crippen LogP contribution in [0.1, 0.15) is 65.2 Å². The largest absolute Gasteiger partial charge is 0.385 e. The molecule has 0 radical (unpaired) electrons. The molecule has 130 valence electrons. The van der Waals surface area contributed by atoms with Gasteiger partial charge in [0.25, 0.3) is 5.69 Å². The van der Waals surface area contributed by atoms with Gasteiger partial charge < -0.3 is 10.6 Å². The fourth-order valence-electron chi connectivity index (χ4n) is 2.48. The van der Waals surface area contributed by atoms with Crippen LogP contribution >= 0.6 is 0 Å². The molecular formula is C18H31N3O2. The Morgan fingerprint density at radius 2 is 1.57 bits per heavy atom. The molecular weight excluding hydrogens is 290 g/mol. The van der Waals surface area contributed by atoms with Crippen LogP contribution in [0.4, 0.5) is 17.1 Å². The van der Waals surface area contributed by atoms with E-state index in [1.807, 2.05) is 6.07 Å². The normalized spacial score (nSPS) is 10.5. The lowest BCUT2D eigenvalue weighted by Gasteiger charge is -2.11. The lowest BCUT2D eigenvalue weighted by atomic mass is 10.1. The van der Waals surface area contributed by atoms with Gasteiger partial charge in [-0.05, 0) is 25.0 Å². The zero-order valence-electron chi connectivity index (χ0n) is 14.6. The van der Waals surface area contributed by atoms with E-state index < -0.39 is 0 Å². The van der Waals surface area contributed by atoms with Gasteiger partial charge in [-0.2, -0.15) is 0 Å². The summed E-state index contributed by atoms with van der Waals surface area (Å²) < 4.78 is 0. The number of hydrogen-bond acceptors (Lipinski definition) is 4. The Kier molecular flexibility index (Phi) is 9.84. The van der Waals surface area contributed by atoms with E-state index in [0.717, 1.165) is 38.0 Å². The van der Waals surface area contributed by atoms with Crippen molar-refractivity contribution in [3.63, 3.8) is 0 Å². The highest BCUT2D eigenvalue weighted by atomic mass is 16.6. The van der Waals surface area contributed by atoms with Gasteiger partial charge in [0.1, 0.15) is 5.69 Å². The zero-order chi connectivity index (χ0) is 16.9. The van der Waals surface area contributed by atoms with Crippen molar-refractivity contribution in [2.45, 2.75) is 65.2 Å². The van der Waals surface area contributed by atoms with Gasteiger partial charge in [0.15, 0.2) is 0 Å². The SMILES string of the molecule is CCCCCCCCNc1cc(NCCCC)ccc1[N+](=O)[O-]. The van der Waals surface area contributed by atoms with Gasteiger partial charge >= 0.3 is 0 Å². The van der Waals surface area contributed by atoms with Crippen molar-refractivity contribution < 1.29 is 4.92 Å². The van der Waals surface area contributed by atoms with Gasteiger partial charge in [0.2, 0.25) is 0 Å². The Labute approximate surface area is 140 Å². The van der Waals surface area contributed by atoms with E-state index in [0.29, 0.717) is 5.69 Å². The third-order valence-electron chi connectivity index (χ3n) is 3.90. The summed E-state index contributed by atoms with van der Waals surface area (Å²) in [4.78, 5) is 10.8. The highest BCUT2D eigenvalue weighted by Crippen LogP contribution is 2.27. The minimum atomic E-state index is -0.320. The van der Waals surface area contributed by atoms with Crippen LogP contribution in [0.5, 0.6) is 0 Å². The second kappa shape index (κ2) is 11.7. The summed E-state index contributed by atoms with van der Waals surface area (Å²) in [5.74, 6) is 0. The first-order valence-corrected chi connectivity index (χ1v) is 8.95. The fourth-order valence-corrected chi connectivity index (χ4v) is 2.48. The second-order valence-electron chi connectivity index (χ2n) is 5.96. The van der Waals surface area contributed by atoms with Crippen molar-refractivity contribution in [1.82, 2.24) is 0 Å². The average Bonchev–Trinajstić information content (AvgIpc) is 2.54. The van der Waals surface area contributed by atoms with Crippen molar-refractivity contribution in [2.75, 3.05) is 23.7 Å². The predicted octanol–water partition coefficient (Wildman–Crippen LogP) is 5.58. The van der Waals surface area contributed by atoms with E-state index in [-0.39, 0.29) is 10.6 Å². The van der Waals surface area contributed by atoms with E-state index in [2.05, 4.69) is 24.5 Å². The first kappa shape index (κ1) is 19.3. The first-order chi connectivity index (χ1) is 11.2. The molecule has 1 aromatic carbocycles. The molecule has 0 unspecified atom stereocenters. The zero-order valence-corrected chi connectivity index (χ0v) is 14.6. The topological polar surface area (TPSA) is 67.2 Å². The Morgan fingerprint density at radius 1 is 0.913 bits per heavy atom. The maximum Gasteiger partial charge on any atom is 0.292 e. The number of hydrogen-bond donors (Lipinski definition) is 2. The quantitative estimate of drug-likeness (QED) is 0.283. The van der Waals surface area contributed by atoms with Crippen molar-refractivity contribution >= 4 is 17.1 Å². The number of rotatable bonds is 13. The van der Waals surface area contributed by atoms with Crippen LogP contribution in [-0.4, -0.2) is 18.0 Å². The number of nitrogens with one attached hydrogen (secondary N) is 2. The van der Waals surface area contributed by atoms with Crippen LogP contribution in [0, 0.1) is 10.1 Å². The lowest BCUT2D eigenvalue weighted by molar-refractivity contribution is -0.383. The van der Waals surface area contributed by atoms with Gasteiger partial charge in [-0.15, -0.1) is 0 Å². The highest BCUT2D eigenvalue weighted by molar-refractivity contribution is 5.68. The molecule has 1 rings (SSSR count). The summed E-state index contributed by atoms with van der Waals surface area (Å²) >= 11 is 0. The number of nitrogens with zero attached hydrogens (tertiary/aromatic N) is 1. The van der Waals surface area contributed by atoms with Crippen molar-refractivity contribution in [3.8, 4) is 0 Å². The van der Waals surface area contributed by atoms with Crippen LogP contribution < -0.4 is 10.6 Å². The molecule has 5 nitrogen and oxygen atoms in total. The fraction of sp³-hybridized carbons (Fsp3) is 0.667. The molecule has 0 fully saturated rings. The first-order valence-electron chi connectivity index (χ1n) is 8.95. The molecule has 5 heteroatoms. The van der Waals surface area contributed by atoms with E-state index in [1.54, 1.807) is 12.1 Å². The van der Waals surface area contributed by atoms with Crippen molar-refractivity contribution in [2.24, 2.45) is 0 Å². The maximum atomic E-state index is 11.1. The number of nitro benzene ring substituents is 1. The highest BCUT2D eigenvalue weighted by Gasteiger charge is 2.13. The Hall–Kier alpha value is -1.78. The monoisotopic (exact) mass is 321 g/mol. The molecule has 0 aliphatic heterocycles. The summed E-state index contributed by atoms with van der Waals surface area (Å²) in [6.07, 6.45) is 9.53. The van der Waals surface area contributed by atoms with Crippen LogP contribution in [0.2, 0.25) is 0 Å². The third kappa shape index (κ3) is 7.86. The summed E-state index contributed by atoms with van der Waals surface area (Å²) in [6.45, 7) is 6.03. The molecule has 0 atom stereocenters. The standard InChI is InChI=1S/C18H31N3O2/c1-3-5-7-8-9-10-14-20-17-15-16(19-13-6-4-2)11-12-18(17)21(22)23/h11-12,15,19-20H,3-10,13-14H2,1-2H3. The molecule has 0 aliphatic carbocycles. The predicted molar refractivity (Wildman–Crippen MR) is 98.4 cm³/mol.